The van der Waals surface area contributed by atoms with Crippen molar-refractivity contribution < 1.29 is 14.0 Å². The van der Waals surface area contributed by atoms with Crippen LogP contribution in [0.1, 0.15) is 5.69 Å². The SMILES string of the molecule is Cc1cc(-c2ccccc2OC[C@@H]2CO2)on1. The van der Waals surface area contributed by atoms with Gasteiger partial charge in [0.2, 0.25) is 0 Å². The molecule has 2 aromatic rings. The second kappa shape index (κ2) is 4.22. The van der Waals surface area contributed by atoms with Gasteiger partial charge in [-0.3, -0.25) is 0 Å². The number of rotatable bonds is 4. The number of hydrogen-bond donors (Lipinski definition) is 0. The molecule has 0 bridgehead atoms. The lowest BCUT2D eigenvalue weighted by Crippen LogP contribution is -2.04. The summed E-state index contributed by atoms with van der Waals surface area (Å²) in [6.45, 7) is 3.28. The van der Waals surface area contributed by atoms with Crippen molar-refractivity contribution in [3.05, 3.63) is 36.0 Å². The fraction of sp³-hybridized carbons (Fsp3) is 0.308. The maximum absolute atomic E-state index is 5.71. The van der Waals surface area contributed by atoms with Crippen LogP contribution in [0.25, 0.3) is 11.3 Å². The lowest BCUT2D eigenvalue weighted by Gasteiger charge is -2.07. The summed E-state index contributed by atoms with van der Waals surface area (Å²) in [5.74, 6) is 1.54. The van der Waals surface area contributed by atoms with Crippen molar-refractivity contribution in [2.75, 3.05) is 13.2 Å². The predicted octanol–water partition coefficient (Wildman–Crippen LogP) is 2.43. The molecule has 0 spiro atoms. The lowest BCUT2D eigenvalue weighted by atomic mass is 10.1. The summed E-state index contributed by atoms with van der Waals surface area (Å²) in [5.41, 5.74) is 1.79. The quantitative estimate of drug-likeness (QED) is 0.758. The molecule has 0 N–H and O–H groups in total. The van der Waals surface area contributed by atoms with Crippen molar-refractivity contribution >= 4 is 0 Å². The Balaban J connectivity index is 1.86. The smallest absolute Gasteiger partial charge is 0.170 e. The molecule has 1 saturated heterocycles. The largest absolute Gasteiger partial charge is 0.490 e. The minimum Gasteiger partial charge on any atom is -0.490 e. The van der Waals surface area contributed by atoms with Gasteiger partial charge < -0.3 is 14.0 Å². The second-order valence-corrected chi connectivity index (χ2v) is 4.10. The van der Waals surface area contributed by atoms with Gasteiger partial charge in [-0.05, 0) is 19.1 Å². The van der Waals surface area contributed by atoms with E-state index in [4.69, 9.17) is 14.0 Å². The van der Waals surface area contributed by atoms with E-state index in [0.717, 1.165) is 29.4 Å². The Morgan fingerprint density at radius 1 is 1.41 bits per heavy atom. The van der Waals surface area contributed by atoms with Crippen LogP contribution in [-0.4, -0.2) is 24.5 Å². The number of hydrogen-bond acceptors (Lipinski definition) is 4. The number of aryl methyl sites for hydroxylation is 1. The average molecular weight is 231 g/mol. The number of aromatic nitrogens is 1. The molecular formula is C13H13NO3. The van der Waals surface area contributed by atoms with Crippen LogP contribution in [0.3, 0.4) is 0 Å². The normalized spacial score (nSPS) is 18.1. The third kappa shape index (κ3) is 2.31. The van der Waals surface area contributed by atoms with Gasteiger partial charge in [0.15, 0.2) is 5.76 Å². The molecule has 1 fully saturated rings. The Hall–Kier alpha value is -1.81. The van der Waals surface area contributed by atoms with Crippen LogP contribution in [0.4, 0.5) is 0 Å². The Labute approximate surface area is 99.1 Å². The van der Waals surface area contributed by atoms with Gasteiger partial charge >= 0.3 is 0 Å². The lowest BCUT2D eigenvalue weighted by molar-refractivity contribution is 0.263. The highest BCUT2D eigenvalue weighted by atomic mass is 16.6. The minimum atomic E-state index is 0.250. The zero-order valence-electron chi connectivity index (χ0n) is 9.55. The molecule has 1 atom stereocenters. The van der Waals surface area contributed by atoms with Gasteiger partial charge in [-0.2, -0.15) is 0 Å². The number of para-hydroxylation sites is 1. The molecule has 4 heteroatoms. The van der Waals surface area contributed by atoms with E-state index in [1.54, 1.807) is 0 Å². The first-order valence-electron chi connectivity index (χ1n) is 5.60. The van der Waals surface area contributed by atoms with Crippen LogP contribution in [0.15, 0.2) is 34.9 Å². The van der Waals surface area contributed by atoms with Crippen LogP contribution >= 0.6 is 0 Å². The zero-order valence-corrected chi connectivity index (χ0v) is 9.55. The van der Waals surface area contributed by atoms with Crippen LogP contribution in [-0.2, 0) is 4.74 Å². The van der Waals surface area contributed by atoms with Crippen molar-refractivity contribution in [2.45, 2.75) is 13.0 Å². The van der Waals surface area contributed by atoms with Gasteiger partial charge in [0.25, 0.3) is 0 Å². The van der Waals surface area contributed by atoms with Crippen LogP contribution in [0.5, 0.6) is 5.75 Å². The van der Waals surface area contributed by atoms with Gasteiger partial charge in [-0.25, -0.2) is 0 Å². The average Bonchev–Trinajstić information content (AvgIpc) is 3.08. The highest BCUT2D eigenvalue weighted by Gasteiger charge is 2.23. The summed E-state index contributed by atoms with van der Waals surface area (Å²) in [7, 11) is 0. The summed E-state index contributed by atoms with van der Waals surface area (Å²) in [6.07, 6.45) is 0.250. The van der Waals surface area contributed by atoms with Gasteiger partial charge in [-0.15, -0.1) is 0 Å². The maximum atomic E-state index is 5.71. The molecule has 1 aromatic carbocycles. The van der Waals surface area contributed by atoms with Gasteiger partial charge in [0, 0.05) is 6.07 Å². The summed E-state index contributed by atoms with van der Waals surface area (Å²) in [6, 6.07) is 9.68. The Morgan fingerprint density at radius 2 is 2.24 bits per heavy atom. The van der Waals surface area contributed by atoms with E-state index in [2.05, 4.69) is 5.16 Å². The van der Waals surface area contributed by atoms with E-state index in [-0.39, 0.29) is 6.10 Å². The number of epoxide rings is 1. The van der Waals surface area contributed by atoms with E-state index in [1.807, 2.05) is 37.3 Å². The van der Waals surface area contributed by atoms with Crippen molar-refractivity contribution in [3.8, 4) is 17.1 Å². The molecule has 88 valence electrons. The van der Waals surface area contributed by atoms with E-state index >= 15 is 0 Å². The fourth-order valence-corrected chi connectivity index (χ4v) is 1.63. The standard InChI is InChI=1S/C13H13NO3/c1-9-6-13(17-14-9)11-4-2-3-5-12(11)16-8-10-7-15-10/h2-6,10H,7-8H2,1H3/t10-/m0/s1. The monoisotopic (exact) mass is 231 g/mol. The predicted molar refractivity (Wildman–Crippen MR) is 61.9 cm³/mol. The van der Waals surface area contributed by atoms with E-state index in [1.165, 1.54) is 0 Å². The van der Waals surface area contributed by atoms with Crippen LogP contribution in [0, 0.1) is 6.92 Å². The summed E-state index contributed by atoms with van der Waals surface area (Å²) in [4.78, 5) is 0. The molecule has 0 unspecified atom stereocenters. The van der Waals surface area contributed by atoms with Crippen molar-refractivity contribution in [2.24, 2.45) is 0 Å². The topological polar surface area (TPSA) is 47.8 Å². The molecular weight excluding hydrogens is 218 g/mol. The Kier molecular flexibility index (Phi) is 2.57. The van der Waals surface area contributed by atoms with E-state index in [9.17, 15) is 0 Å². The molecule has 17 heavy (non-hydrogen) atoms. The summed E-state index contributed by atoms with van der Waals surface area (Å²) >= 11 is 0. The number of benzene rings is 1. The second-order valence-electron chi connectivity index (χ2n) is 4.10. The molecule has 4 nitrogen and oxygen atoms in total. The number of ether oxygens (including phenoxy) is 2. The van der Waals surface area contributed by atoms with Crippen molar-refractivity contribution in [1.29, 1.82) is 0 Å². The van der Waals surface area contributed by atoms with Gasteiger partial charge in [0.1, 0.15) is 18.5 Å². The van der Waals surface area contributed by atoms with E-state index in [0.29, 0.717) is 6.61 Å². The summed E-state index contributed by atoms with van der Waals surface area (Å²) < 4.78 is 16.1. The molecule has 1 aliphatic rings. The van der Waals surface area contributed by atoms with Crippen molar-refractivity contribution in [3.63, 3.8) is 0 Å². The maximum Gasteiger partial charge on any atom is 0.170 e. The first-order chi connectivity index (χ1) is 8.33. The third-order valence-corrected chi connectivity index (χ3v) is 2.61. The molecule has 0 aliphatic carbocycles. The minimum absolute atomic E-state index is 0.250. The molecule has 1 aliphatic heterocycles. The molecule has 0 radical (unpaired) electrons. The first kappa shape index (κ1) is 10.4. The Bertz CT molecular complexity index is 517. The van der Waals surface area contributed by atoms with E-state index < -0.39 is 0 Å². The van der Waals surface area contributed by atoms with Crippen LogP contribution < -0.4 is 4.74 Å². The molecule has 0 saturated carbocycles. The zero-order chi connectivity index (χ0) is 11.7. The summed E-state index contributed by atoms with van der Waals surface area (Å²) in [5, 5.41) is 3.89. The van der Waals surface area contributed by atoms with Gasteiger partial charge in [-0.1, -0.05) is 17.3 Å². The number of nitrogens with zero attached hydrogens (tertiary/aromatic N) is 1. The first-order valence-corrected chi connectivity index (χ1v) is 5.60. The fourth-order valence-electron chi connectivity index (χ4n) is 1.63. The highest BCUT2D eigenvalue weighted by Crippen LogP contribution is 2.30. The molecule has 1 aromatic heterocycles. The highest BCUT2D eigenvalue weighted by molar-refractivity contribution is 5.65. The third-order valence-electron chi connectivity index (χ3n) is 2.61. The molecule has 0 amide bonds. The molecule has 3 rings (SSSR count). The van der Waals surface area contributed by atoms with Crippen LogP contribution in [0.2, 0.25) is 0 Å². The molecule has 2 heterocycles. The Morgan fingerprint density at radius 3 is 2.94 bits per heavy atom. The van der Waals surface area contributed by atoms with Gasteiger partial charge in [0.05, 0.1) is 17.9 Å². The van der Waals surface area contributed by atoms with Crippen molar-refractivity contribution in [1.82, 2.24) is 5.16 Å².